The SMILES string of the molecule is COc1ccc(/C=C(/C#N)C(=O)Nc2ccc(C)c(C)c2)cc1COc1ccc2c(c1)CCC2. The summed E-state index contributed by atoms with van der Waals surface area (Å²) in [7, 11) is 1.61. The number of nitriles is 1. The molecule has 4 rings (SSSR count). The summed E-state index contributed by atoms with van der Waals surface area (Å²) >= 11 is 0. The van der Waals surface area contributed by atoms with Crippen LogP contribution in [-0.2, 0) is 24.2 Å². The van der Waals surface area contributed by atoms with Crippen LogP contribution in [0.2, 0.25) is 0 Å². The first kappa shape index (κ1) is 23.1. The Morgan fingerprint density at radius 3 is 2.62 bits per heavy atom. The topological polar surface area (TPSA) is 71.3 Å². The number of rotatable bonds is 7. The molecular weight excluding hydrogens is 424 g/mol. The zero-order chi connectivity index (χ0) is 24.1. The highest BCUT2D eigenvalue weighted by Crippen LogP contribution is 2.28. The number of nitrogens with zero attached hydrogens (tertiary/aromatic N) is 1. The molecule has 0 fully saturated rings. The van der Waals surface area contributed by atoms with Crippen molar-refractivity contribution in [1.29, 1.82) is 5.26 Å². The van der Waals surface area contributed by atoms with Gasteiger partial charge in [-0.1, -0.05) is 18.2 Å². The fourth-order valence-electron chi connectivity index (χ4n) is 4.13. The Labute approximate surface area is 200 Å². The van der Waals surface area contributed by atoms with Crippen molar-refractivity contribution < 1.29 is 14.3 Å². The minimum atomic E-state index is -0.447. The van der Waals surface area contributed by atoms with Gasteiger partial charge >= 0.3 is 0 Å². The van der Waals surface area contributed by atoms with Crippen LogP contribution in [-0.4, -0.2) is 13.0 Å². The van der Waals surface area contributed by atoms with Gasteiger partial charge in [0.1, 0.15) is 29.7 Å². The Balaban J connectivity index is 1.51. The quantitative estimate of drug-likeness (QED) is 0.356. The number of hydrogen-bond donors (Lipinski definition) is 1. The van der Waals surface area contributed by atoms with E-state index in [1.807, 2.05) is 62.4 Å². The van der Waals surface area contributed by atoms with Crippen LogP contribution in [0.25, 0.3) is 6.08 Å². The molecule has 172 valence electrons. The summed E-state index contributed by atoms with van der Waals surface area (Å²) in [5.41, 5.74) is 7.21. The highest BCUT2D eigenvalue weighted by atomic mass is 16.5. The number of ether oxygens (including phenoxy) is 2. The molecule has 3 aromatic rings. The normalized spacial score (nSPS) is 12.6. The van der Waals surface area contributed by atoms with Crippen LogP contribution in [0.1, 0.15) is 39.8 Å². The molecule has 0 aromatic heterocycles. The van der Waals surface area contributed by atoms with E-state index in [1.165, 1.54) is 17.5 Å². The van der Waals surface area contributed by atoms with Crippen molar-refractivity contribution in [3.8, 4) is 17.6 Å². The second kappa shape index (κ2) is 10.3. The molecule has 1 aliphatic rings. The van der Waals surface area contributed by atoms with Gasteiger partial charge in [0, 0.05) is 11.3 Å². The van der Waals surface area contributed by atoms with Gasteiger partial charge < -0.3 is 14.8 Å². The van der Waals surface area contributed by atoms with E-state index >= 15 is 0 Å². The maximum absolute atomic E-state index is 12.7. The molecule has 0 unspecified atom stereocenters. The molecule has 1 aliphatic carbocycles. The maximum atomic E-state index is 12.7. The maximum Gasteiger partial charge on any atom is 0.266 e. The average molecular weight is 453 g/mol. The Bertz CT molecular complexity index is 1300. The van der Waals surface area contributed by atoms with Gasteiger partial charge in [-0.05, 0) is 103 Å². The highest BCUT2D eigenvalue weighted by molar-refractivity contribution is 6.09. The first-order valence-electron chi connectivity index (χ1n) is 11.4. The summed E-state index contributed by atoms with van der Waals surface area (Å²) < 4.78 is 11.5. The molecule has 34 heavy (non-hydrogen) atoms. The highest BCUT2D eigenvalue weighted by Gasteiger charge is 2.13. The summed E-state index contributed by atoms with van der Waals surface area (Å²) in [5.74, 6) is 1.07. The lowest BCUT2D eigenvalue weighted by atomic mass is 10.1. The fraction of sp³-hybridized carbons (Fsp3) is 0.241. The fourth-order valence-corrected chi connectivity index (χ4v) is 4.13. The van der Waals surface area contributed by atoms with Gasteiger partial charge in [-0.3, -0.25) is 4.79 Å². The van der Waals surface area contributed by atoms with Crippen molar-refractivity contribution >= 4 is 17.7 Å². The molecule has 3 aromatic carbocycles. The van der Waals surface area contributed by atoms with E-state index in [2.05, 4.69) is 17.4 Å². The number of carbonyl (C=O) groups is 1. The third kappa shape index (κ3) is 5.29. The van der Waals surface area contributed by atoms with Crippen LogP contribution in [0.4, 0.5) is 5.69 Å². The Morgan fingerprint density at radius 1 is 1.03 bits per heavy atom. The van der Waals surface area contributed by atoms with Gasteiger partial charge in [0.25, 0.3) is 5.91 Å². The van der Waals surface area contributed by atoms with Crippen molar-refractivity contribution in [2.75, 3.05) is 12.4 Å². The molecule has 0 radical (unpaired) electrons. The predicted molar refractivity (Wildman–Crippen MR) is 134 cm³/mol. The van der Waals surface area contributed by atoms with E-state index in [0.29, 0.717) is 18.0 Å². The second-order valence-corrected chi connectivity index (χ2v) is 8.57. The van der Waals surface area contributed by atoms with Crippen LogP contribution < -0.4 is 14.8 Å². The average Bonchev–Trinajstić information content (AvgIpc) is 3.31. The number of nitrogens with one attached hydrogen (secondary N) is 1. The molecule has 1 amide bonds. The number of anilines is 1. The molecule has 0 saturated heterocycles. The van der Waals surface area contributed by atoms with E-state index in [4.69, 9.17) is 9.47 Å². The first-order valence-corrected chi connectivity index (χ1v) is 11.4. The van der Waals surface area contributed by atoms with Crippen LogP contribution in [0, 0.1) is 25.2 Å². The van der Waals surface area contributed by atoms with Crippen molar-refractivity contribution in [3.63, 3.8) is 0 Å². The summed E-state index contributed by atoms with van der Waals surface area (Å²) in [6.45, 7) is 4.31. The zero-order valence-electron chi connectivity index (χ0n) is 19.8. The molecule has 0 heterocycles. The number of fused-ring (bicyclic) bond motifs is 1. The van der Waals surface area contributed by atoms with Crippen molar-refractivity contribution in [1.82, 2.24) is 0 Å². The second-order valence-electron chi connectivity index (χ2n) is 8.57. The van der Waals surface area contributed by atoms with Gasteiger partial charge in [0.05, 0.1) is 7.11 Å². The van der Waals surface area contributed by atoms with E-state index < -0.39 is 5.91 Å². The van der Waals surface area contributed by atoms with Crippen molar-refractivity contribution in [3.05, 3.63) is 93.6 Å². The molecule has 1 N–H and O–H groups in total. The largest absolute Gasteiger partial charge is 0.496 e. The first-order chi connectivity index (χ1) is 16.5. The van der Waals surface area contributed by atoms with Gasteiger partial charge in [-0.25, -0.2) is 0 Å². The minimum absolute atomic E-state index is 0.0221. The van der Waals surface area contributed by atoms with Crippen molar-refractivity contribution in [2.45, 2.75) is 39.7 Å². The number of hydrogen-bond acceptors (Lipinski definition) is 4. The van der Waals surface area contributed by atoms with Gasteiger partial charge in [-0.2, -0.15) is 5.26 Å². The zero-order valence-corrected chi connectivity index (χ0v) is 19.8. The molecule has 5 heteroatoms. The third-order valence-corrected chi connectivity index (χ3v) is 6.21. The number of benzene rings is 3. The van der Waals surface area contributed by atoms with E-state index in [9.17, 15) is 10.1 Å². The van der Waals surface area contributed by atoms with Gasteiger partial charge in [0.2, 0.25) is 0 Å². The predicted octanol–water partition coefficient (Wildman–Crippen LogP) is 5.93. The Morgan fingerprint density at radius 2 is 1.85 bits per heavy atom. The van der Waals surface area contributed by atoms with Crippen molar-refractivity contribution in [2.24, 2.45) is 0 Å². The molecule has 0 atom stereocenters. The summed E-state index contributed by atoms with van der Waals surface area (Å²) in [4.78, 5) is 12.7. The Kier molecular flexibility index (Phi) is 6.98. The molecule has 5 nitrogen and oxygen atoms in total. The molecule has 0 saturated carbocycles. The Hall–Kier alpha value is -4.04. The van der Waals surface area contributed by atoms with Crippen LogP contribution in [0.15, 0.2) is 60.2 Å². The summed E-state index contributed by atoms with van der Waals surface area (Å²) in [6, 6.07) is 19.5. The van der Waals surface area contributed by atoms with Crippen LogP contribution in [0.5, 0.6) is 11.5 Å². The van der Waals surface area contributed by atoms with E-state index in [1.54, 1.807) is 13.2 Å². The molecular formula is C29H28N2O3. The van der Waals surface area contributed by atoms with Gasteiger partial charge in [-0.15, -0.1) is 0 Å². The minimum Gasteiger partial charge on any atom is -0.496 e. The lowest BCUT2D eigenvalue weighted by Gasteiger charge is -2.12. The number of methoxy groups -OCH3 is 1. The number of amides is 1. The standard InChI is InChI=1S/C29H28N2O3/c1-19-7-10-26(13-20(19)2)31-29(32)24(17-30)14-21-8-12-28(33-3)25(15-21)18-34-27-11-9-22-5-4-6-23(22)16-27/h7-16H,4-6,18H2,1-3H3,(H,31,32)/b24-14-. The number of carbonyl (C=O) groups excluding carboxylic acids is 1. The van der Waals surface area contributed by atoms with E-state index in [-0.39, 0.29) is 5.57 Å². The third-order valence-electron chi connectivity index (χ3n) is 6.21. The van der Waals surface area contributed by atoms with Gasteiger partial charge in [0.15, 0.2) is 0 Å². The van der Waals surface area contributed by atoms with E-state index in [0.717, 1.165) is 40.8 Å². The monoisotopic (exact) mass is 452 g/mol. The smallest absolute Gasteiger partial charge is 0.266 e. The number of aryl methyl sites for hydroxylation is 4. The van der Waals surface area contributed by atoms with Crippen LogP contribution in [0.3, 0.4) is 0 Å². The summed E-state index contributed by atoms with van der Waals surface area (Å²) in [5, 5.41) is 12.4. The lowest BCUT2D eigenvalue weighted by Crippen LogP contribution is -2.13. The lowest BCUT2D eigenvalue weighted by molar-refractivity contribution is -0.112. The van der Waals surface area contributed by atoms with Crippen LogP contribution >= 0.6 is 0 Å². The molecule has 0 bridgehead atoms. The molecule has 0 spiro atoms. The molecule has 0 aliphatic heterocycles. The summed E-state index contributed by atoms with van der Waals surface area (Å²) in [6.07, 6.45) is 5.00.